The number of carbonyl (C=O) groups excluding carboxylic acids is 2. The summed E-state index contributed by atoms with van der Waals surface area (Å²) in [5.41, 5.74) is -1.64. The molecule has 2 atom stereocenters. The highest BCUT2D eigenvalue weighted by Gasteiger charge is 2.46. The number of allylic oxidation sites excluding steroid dienone is 1. The predicted octanol–water partition coefficient (Wildman–Crippen LogP) is 1.28. The number of hydrogen-bond acceptors (Lipinski definition) is 4. The zero-order chi connectivity index (χ0) is 13.4. The van der Waals surface area contributed by atoms with Crippen LogP contribution in [0.25, 0.3) is 0 Å². The van der Waals surface area contributed by atoms with Crippen molar-refractivity contribution in [1.82, 2.24) is 0 Å². The van der Waals surface area contributed by atoms with Crippen LogP contribution >= 0.6 is 25.3 Å². The van der Waals surface area contributed by atoms with Crippen LogP contribution in [0.2, 0.25) is 0 Å². The zero-order valence-corrected chi connectivity index (χ0v) is 11.2. The summed E-state index contributed by atoms with van der Waals surface area (Å²) in [6.07, 6.45) is 2.32. The van der Waals surface area contributed by atoms with E-state index in [1.165, 1.54) is 6.08 Å². The average Bonchev–Trinajstić information content (AvgIpc) is 2.15. The maximum Gasteiger partial charge on any atom is 0.222 e. The van der Waals surface area contributed by atoms with Crippen LogP contribution in [-0.4, -0.2) is 26.0 Å². The van der Waals surface area contributed by atoms with Crippen LogP contribution in [0.5, 0.6) is 0 Å². The molecule has 0 spiro atoms. The molecule has 17 heavy (non-hydrogen) atoms. The second-order valence-corrected chi connectivity index (χ2v) is 5.10. The Labute approximate surface area is 110 Å². The largest absolute Gasteiger partial charge is 0.508 e. The highest BCUT2D eigenvalue weighted by Crippen LogP contribution is 2.35. The molecule has 2 N–H and O–H groups in total. The fourth-order valence-electron chi connectivity index (χ4n) is 1.72. The quantitative estimate of drug-likeness (QED) is 0.585. The van der Waals surface area contributed by atoms with Gasteiger partial charge in [0.15, 0.2) is 10.7 Å². The van der Waals surface area contributed by atoms with Gasteiger partial charge in [-0.15, -0.1) is 25.3 Å². The third kappa shape index (κ3) is 2.59. The van der Waals surface area contributed by atoms with Gasteiger partial charge in [0.2, 0.25) is 5.12 Å². The van der Waals surface area contributed by atoms with Crippen LogP contribution in [0.4, 0.5) is 0 Å². The predicted molar refractivity (Wildman–Crippen MR) is 70.1 cm³/mol. The monoisotopic (exact) mass is 274 g/mol. The van der Waals surface area contributed by atoms with Crippen molar-refractivity contribution in [3.05, 3.63) is 23.5 Å². The molecule has 94 valence electrons. The molecule has 0 heterocycles. The Hall–Kier alpha value is -0.720. The summed E-state index contributed by atoms with van der Waals surface area (Å²) >= 11 is 7.19. The minimum Gasteiger partial charge on any atom is -0.508 e. The van der Waals surface area contributed by atoms with E-state index in [1.807, 2.05) is 13.8 Å². The van der Waals surface area contributed by atoms with Crippen molar-refractivity contribution in [2.45, 2.75) is 19.4 Å². The third-order valence-corrected chi connectivity index (χ3v) is 3.34. The van der Waals surface area contributed by atoms with E-state index in [-0.39, 0.29) is 11.7 Å². The lowest BCUT2D eigenvalue weighted by Crippen LogP contribution is -2.46. The van der Waals surface area contributed by atoms with Gasteiger partial charge in [0.1, 0.15) is 5.76 Å². The molecular formula is C11H14O4S2. The first kappa shape index (κ1) is 14.3. The van der Waals surface area contributed by atoms with Crippen molar-refractivity contribution in [2.75, 3.05) is 0 Å². The van der Waals surface area contributed by atoms with Crippen molar-refractivity contribution < 1.29 is 19.8 Å². The lowest BCUT2D eigenvalue weighted by molar-refractivity contribution is -0.132. The second-order valence-electron chi connectivity index (χ2n) is 4.25. The fourth-order valence-corrected chi connectivity index (χ4v) is 2.19. The Balaban J connectivity index is 3.32. The van der Waals surface area contributed by atoms with Crippen LogP contribution in [0, 0.1) is 11.8 Å². The molecule has 0 amide bonds. The summed E-state index contributed by atoms with van der Waals surface area (Å²) in [4.78, 5) is 22.7. The molecule has 1 aliphatic carbocycles. The van der Waals surface area contributed by atoms with E-state index in [1.54, 1.807) is 0 Å². The van der Waals surface area contributed by atoms with Crippen LogP contribution < -0.4 is 0 Å². The highest BCUT2D eigenvalue weighted by molar-refractivity contribution is 7.97. The van der Waals surface area contributed by atoms with E-state index in [0.717, 1.165) is 6.08 Å². The molecule has 0 aromatic heterocycles. The number of aliphatic hydroxyl groups is 2. The Bertz CT molecular complexity index is 425. The topological polar surface area (TPSA) is 74.6 Å². The first-order chi connectivity index (χ1) is 7.70. The van der Waals surface area contributed by atoms with Gasteiger partial charge in [-0.3, -0.25) is 9.59 Å². The number of thiol groups is 2. The molecule has 0 bridgehead atoms. The molecule has 2 unspecified atom stereocenters. The van der Waals surface area contributed by atoms with Gasteiger partial charge in [-0.1, -0.05) is 19.9 Å². The fraction of sp³-hybridized carbons (Fsp3) is 0.455. The van der Waals surface area contributed by atoms with Crippen LogP contribution in [0.3, 0.4) is 0 Å². The summed E-state index contributed by atoms with van der Waals surface area (Å²) in [6.45, 7) is 3.64. The molecule has 0 aromatic rings. The smallest absolute Gasteiger partial charge is 0.222 e. The van der Waals surface area contributed by atoms with Crippen LogP contribution in [0.15, 0.2) is 23.5 Å². The molecule has 4 nitrogen and oxygen atoms in total. The van der Waals surface area contributed by atoms with E-state index in [4.69, 9.17) is 0 Å². The number of carbonyl (C=O) groups is 2. The first-order valence-electron chi connectivity index (χ1n) is 5.02. The zero-order valence-electron chi connectivity index (χ0n) is 9.41. The Morgan fingerprint density at radius 2 is 1.94 bits per heavy atom. The maximum absolute atomic E-state index is 11.4. The summed E-state index contributed by atoms with van der Waals surface area (Å²) < 4.78 is 0. The normalized spacial score (nSPS) is 28.7. The van der Waals surface area contributed by atoms with Crippen molar-refractivity contribution in [3.8, 4) is 0 Å². The number of hydrogen-bond donors (Lipinski definition) is 4. The number of rotatable bonds is 3. The minimum atomic E-state index is -2.13. The van der Waals surface area contributed by atoms with Crippen molar-refractivity contribution in [2.24, 2.45) is 11.8 Å². The van der Waals surface area contributed by atoms with Gasteiger partial charge in [0, 0.05) is 0 Å². The van der Waals surface area contributed by atoms with E-state index >= 15 is 0 Å². The van der Waals surface area contributed by atoms with Gasteiger partial charge in [-0.2, -0.15) is 0 Å². The van der Waals surface area contributed by atoms with Crippen molar-refractivity contribution in [3.63, 3.8) is 0 Å². The lowest BCUT2D eigenvalue weighted by atomic mass is 9.80. The summed E-state index contributed by atoms with van der Waals surface area (Å²) in [7, 11) is 0. The minimum absolute atomic E-state index is 0.0407. The van der Waals surface area contributed by atoms with E-state index < -0.39 is 21.7 Å². The maximum atomic E-state index is 11.4. The van der Waals surface area contributed by atoms with Crippen LogP contribution in [0.1, 0.15) is 13.8 Å². The third-order valence-electron chi connectivity index (χ3n) is 2.70. The summed E-state index contributed by atoms with van der Waals surface area (Å²) in [5.74, 6) is -1.39. The van der Waals surface area contributed by atoms with E-state index in [9.17, 15) is 19.8 Å². The van der Waals surface area contributed by atoms with Gasteiger partial charge >= 0.3 is 0 Å². The highest BCUT2D eigenvalue weighted by atomic mass is 32.1. The van der Waals surface area contributed by atoms with Crippen molar-refractivity contribution >= 4 is 35.5 Å². The molecule has 1 aliphatic rings. The molecule has 0 fully saturated rings. The summed E-state index contributed by atoms with van der Waals surface area (Å²) in [5, 5.41) is 18.2. The number of aliphatic hydroxyl groups excluding tert-OH is 1. The molecule has 6 heteroatoms. The lowest BCUT2D eigenvalue weighted by Gasteiger charge is -2.32. The second kappa shape index (κ2) is 4.88. The molecule has 1 rings (SSSR count). The SMILES string of the molecule is CC(C)C1=CC(C(=O)S)C(O)(C(=O)S)C=C1O. The molecule has 0 aliphatic heterocycles. The van der Waals surface area contributed by atoms with Gasteiger partial charge in [0.25, 0.3) is 0 Å². The molecule has 0 aromatic carbocycles. The molecule has 0 radical (unpaired) electrons. The van der Waals surface area contributed by atoms with Crippen LogP contribution in [-0.2, 0) is 9.59 Å². The van der Waals surface area contributed by atoms with Gasteiger partial charge in [0.05, 0.1) is 5.92 Å². The summed E-state index contributed by atoms with van der Waals surface area (Å²) in [6, 6.07) is 0. The molecule has 0 saturated carbocycles. The Morgan fingerprint density at radius 1 is 1.41 bits per heavy atom. The van der Waals surface area contributed by atoms with Crippen molar-refractivity contribution in [1.29, 1.82) is 0 Å². The molecular weight excluding hydrogens is 260 g/mol. The first-order valence-corrected chi connectivity index (χ1v) is 5.92. The van der Waals surface area contributed by atoms with E-state index in [0.29, 0.717) is 5.57 Å². The standard InChI is InChI=1S/C11H14O4S2/c1-5(2)6-3-7(9(13)16)11(15,10(14)17)4-8(6)12/h3-5,7,12,15H,1-2H3,(H,13,16)(H,14,17). The Morgan fingerprint density at radius 3 is 2.29 bits per heavy atom. The average molecular weight is 274 g/mol. The molecule has 0 saturated heterocycles. The van der Waals surface area contributed by atoms with Gasteiger partial charge in [-0.05, 0) is 17.6 Å². The Kier molecular flexibility index (Phi) is 4.11. The van der Waals surface area contributed by atoms with E-state index in [2.05, 4.69) is 25.3 Å². The van der Waals surface area contributed by atoms with Gasteiger partial charge < -0.3 is 10.2 Å². The van der Waals surface area contributed by atoms with Gasteiger partial charge in [-0.25, -0.2) is 0 Å².